The molecule has 0 saturated carbocycles. The number of fused-ring (bicyclic) bond motifs is 2. The van der Waals surface area contributed by atoms with Crippen LogP contribution in [-0.2, 0) is 17.9 Å². The third-order valence-corrected chi connectivity index (χ3v) is 8.46. The number of nitrogens with zero attached hydrogens (tertiary/aromatic N) is 7. The Bertz CT molecular complexity index is 1670. The first-order chi connectivity index (χ1) is 19.0. The maximum absolute atomic E-state index is 12.1. The summed E-state index contributed by atoms with van der Waals surface area (Å²) >= 11 is 0. The number of benzene rings is 2. The number of aromatic nitrogens is 4. The number of aromatic amines is 1. The molecule has 1 N–H and O–H groups in total. The summed E-state index contributed by atoms with van der Waals surface area (Å²) in [7, 11) is 0. The molecule has 39 heavy (non-hydrogen) atoms. The van der Waals surface area contributed by atoms with Crippen LogP contribution < -0.4 is 9.80 Å². The van der Waals surface area contributed by atoms with Crippen LogP contribution in [0.25, 0.3) is 22.2 Å². The molecule has 9 nitrogen and oxygen atoms in total. The predicted molar refractivity (Wildman–Crippen MR) is 149 cm³/mol. The molecule has 0 aliphatic carbocycles. The van der Waals surface area contributed by atoms with Crippen molar-refractivity contribution in [1.82, 2.24) is 25.1 Å². The van der Waals surface area contributed by atoms with Crippen LogP contribution in [0.1, 0.15) is 28.7 Å². The Hall–Kier alpha value is -4.71. The van der Waals surface area contributed by atoms with Gasteiger partial charge in [-0.15, -0.1) is 0 Å². The Morgan fingerprint density at radius 1 is 1.10 bits per heavy atom. The molecule has 2 aromatic carbocycles. The van der Waals surface area contributed by atoms with E-state index in [2.05, 4.69) is 56.9 Å². The van der Waals surface area contributed by atoms with E-state index in [1.165, 1.54) is 17.2 Å². The number of nitrogens with one attached hydrogen (secondary N) is 1. The molecule has 1 spiro atoms. The minimum absolute atomic E-state index is 0.0149. The van der Waals surface area contributed by atoms with Gasteiger partial charge in [0, 0.05) is 55.6 Å². The molecule has 2 fully saturated rings. The number of H-pyrrole nitrogens is 1. The SMILES string of the molecule is C=CC(=O)N1CC2(CCN(c3nc(N4Cc5ccccc5C4)nc(-c4c(C)ccc5[nH]ncc45)c3C#N)C2)C1. The average Bonchev–Trinajstić information content (AvgIpc) is 3.69. The van der Waals surface area contributed by atoms with Crippen molar-refractivity contribution in [2.75, 3.05) is 36.0 Å². The molecule has 4 aromatic rings. The summed E-state index contributed by atoms with van der Waals surface area (Å²) in [6.45, 7) is 10.0. The van der Waals surface area contributed by atoms with E-state index in [9.17, 15) is 10.1 Å². The monoisotopic (exact) mass is 516 g/mol. The number of rotatable bonds is 4. The highest BCUT2D eigenvalue weighted by atomic mass is 16.2. The van der Waals surface area contributed by atoms with E-state index in [4.69, 9.17) is 9.97 Å². The van der Waals surface area contributed by atoms with Gasteiger partial charge < -0.3 is 14.7 Å². The lowest BCUT2D eigenvalue weighted by atomic mass is 9.79. The summed E-state index contributed by atoms with van der Waals surface area (Å²) in [6, 6.07) is 14.9. The van der Waals surface area contributed by atoms with Crippen LogP contribution in [0.3, 0.4) is 0 Å². The van der Waals surface area contributed by atoms with Crippen LogP contribution in [0.15, 0.2) is 55.3 Å². The normalized spacial score (nSPS) is 17.4. The van der Waals surface area contributed by atoms with Crippen molar-refractivity contribution in [2.45, 2.75) is 26.4 Å². The molecule has 0 atom stereocenters. The van der Waals surface area contributed by atoms with E-state index in [1.807, 2.05) is 24.0 Å². The summed E-state index contributed by atoms with van der Waals surface area (Å²) in [5.41, 5.74) is 6.48. The highest BCUT2D eigenvalue weighted by Crippen LogP contribution is 2.44. The number of carbonyl (C=O) groups is 1. The molecule has 3 aliphatic rings. The van der Waals surface area contributed by atoms with Gasteiger partial charge in [-0.1, -0.05) is 36.9 Å². The Morgan fingerprint density at radius 2 is 1.87 bits per heavy atom. The maximum Gasteiger partial charge on any atom is 0.245 e. The molecule has 194 valence electrons. The van der Waals surface area contributed by atoms with Gasteiger partial charge in [0.25, 0.3) is 0 Å². The predicted octanol–water partition coefficient (Wildman–Crippen LogP) is 3.94. The van der Waals surface area contributed by atoms with Crippen molar-refractivity contribution in [3.8, 4) is 17.3 Å². The summed E-state index contributed by atoms with van der Waals surface area (Å²) in [5, 5.41) is 18.8. The lowest BCUT2D eigenvalue weighted by molar-refractivity contribution is -0.136. The summed E-state index contributed by atoms with van der Waals surface area (Å²) < 4.78 is 0. The number of likely N-dealkylation sites (tertiary alicyclic amines) is 1. The largest absolute Gasteiger partial charge is 0.355 e. The van der Waals surface area contributed by atoms with Gasteiger partial charge in [0.15, 0.2) is 5.82 Å². The molecule has 1 amide bonds. The molecular weight excluding hydrogens is 488 g/mol. The molecule has 0 radical (unpaired) electrons. The third-order valence-electron chi connectivity index (χ3n) is 8.46. The highest BCUT2D eigenvalue weighted by molar-refractivity contribution is 5.97. The van der Waals surface area contributed by atoms with Gasteiger partial charge in [0.2, 0.25) is 11.9 Å². The molecular formula is C30H28N8O. The number of amides is 1. The Labute approximate surface area is 226 Å². The zero-order valence-corrected chi connectivity index (χ0v) is 21.8. The van der Waals surface area contributed by atoms with E-state index < -0.39 is 0 Å². The fourth-order valence-electron chi connectivity index (χ4n) is 6.43. The van der Waals surface area contributed by atoms with Gasteiger partial charge in [0.1, 0.15) is 11.6 Å². The number of carbonyl (C=O) groups excluding carboxylic acids is 1. The highest BCUT2D eigenvalue weighted by Gasteiger charge is 2.49. The number of hydrogen-bond acceptors (Lipinski definition) is 7. The quantitative estimate of drug-likeness (QED) is 0.410. The second-order valence-corrected chi connectivity index (χ2v) is 11.0. The third kappa shape index (κ3) is 3.67. The van der Waals surface area contributed by atoms with Crippen LogP contribution in [0.4, 0.5) is 11.8 Å². The molecule has 9 heteroatoms. The average molecular weight is 517 g/mol. The fourth-order valence-corrected chi connectivity index (χ4v) is 6.43. The second-order valence-electron chi connectivity index (χ2n) is 11.0. The van der Waals surface area contributed by atoms with Crippen LogP contribution in [0.2, 0.25) is 0 Å². The summed E-state index contributed by atoms with van der Waals surface area (Å²) in [4.78, 5) is 28.5. The van der Waals surface area contributed by atoms with Crippen LogP contribution in [0, 0.1) is 23.7 Å². The fraction of sp³-hybridized carbons (Fsp3) is 0.300. The van der Waals surface area contributed by atoms with Crippen molar-refractivity contribution in [3.05, 3.63) is 77.5 Å². The number of hydrogen-bond donors (Lipinski definition) is 1. The van der Waals surface area contributed by atoms with Crippen molar-refractivity contribution < 1.29 is 4.79 Å². The van der Waals surface area contributed by atoms with Gasteiger partial charge in [-0.05, 0) is 42.2 Å². The first kappa shape index (κ1) is 23.4. The van der Waals surface area contributed by atoms with E-state index in [1.54, 1.807) is 6.20 Å². The molecule has 5 heterocycles. The summed E-state index contributed by atoms with van der Waals surface area (Å²) in [6.07, 6.45) is 4.12. The Balaban J connectivity index is 1.34. The molecule has 7 rings (SSSR count). The lowest BCUT2D eigenvalue weighted by Crippen LogP contribution is -2.59. The van der Waals surface area contributed by atoms with Crippen LogP contribution >= 0.6 is 0 Å². The van der Waals surface area contributed by atoms with Crippen molar-refractivity contribution >= 4 is 28.6 Å². The van der Waals surface area contributed by atoms with Gasteiger partial charge >= 0.3 is 0 Å². The van der Waals surface area contributed by atoms with E-state index >= 15 is 0 Å². The zero-order chi connectivity index (χ0) is 26.7. The molecule has 0 unspecified atom stereocenters. The minimum atomic E-state index is -0.0271. The molecule has 2 aromatic heterocycles. The van der Waals surface area contributed by atoms with Gasteiger partial charge in [0.05, 0.1) is 17.4 Å². The van der Waals surface area contributed by atoms with Gasteiger partial charge in [-0.3, -0.25) is 9.89 Å². The Kier molecular flexibility index (Phi) is 5.20. The van der Waals surface area contributed by atoms with Crippen molar-refractivity contribution in [2.24, 2.45) is 5.41 Å². The van der Waals surface area contributed by atoms with E-state index in [0.29, 0.717) is 36.1 Å². The van der Waals surface area contributed by atoms with Gasteiger partial charge in [-0.25, -0.2) is 4.98 Å². The lowest BCUT2D eigenvalue weighted by Gasteiger charge is -2.47. The zero-order valence-electron chi connectivity index (χ0n) is 21.8. The topological polar surface area (TPSA) is 105 Å². The van der Waals surface area contributed by atoms with E-state index in [0.717, 1.165) is 54.6 Å². The Morgan fingerprint density at radius 3 is 2.59 bits per heavy atom. The molecule has 2 saturated heterocycles. The number of aryl methyl sites for hydroxylation is 1. The first-order valence-electron chi connectivity index (χ1n) is 13.2. The first-order valence-corrected chi connectivity index (χ1v) is 13.2. The van der Waals surface area contributed by atoms with E-state index in [-0.39, 0.29) is 11.3 Å². The molecule has 3 aliphatic heterocycles. The van der Waals surface area contributed by atoms with Crippen molar-refractivity contribution in [3.63, 3.8) is 0 Å². The second kappa shape index (κ2) is 8.67. The maximum atomic E-state index is 12.1. The smallest absolute Gasteiger partial charge is 0.245 e. The standard InChI is InChI=1S/C30H28N8O/c1-3-25(39)38-17-30(18-38)10-11-36(16-30)28-22(12-31)27(26-19(2)8-9-24-23(26)13-32-35-24)33-29(34-28)37-14-20-6-4-5-7-21(20)15-37/h3-9,13H,1,10-11,14-18H2,2H3,(H,32,35). The van der Waals surface area contributed by atoms with Crippen LogP contribution in [-0.4, -0.2) is 57.2 Å². The van der Waals surface area contributed by atoms with Crippen LogP contribution in [0.5, 0.6) is 0 Å². The minimum Gasteiger partial charge on any atom is -0.355 e. The number of anilines is 2. The molecule has 0 bridgehead atoms. The summed E-state index contributed by atoms with van der Waals surface area (Å²) in [5.74, 6) is 1.26. The van der Waals surface area contributed by atoms with Gasteiger partial charge in [-0.2, -0.15) is 15.3 Å². The number of nitriles is 1. The van der Waals surface area contributed by atoms with Crippen molar-refractivity contribution in [1.29, 1.82) is 5.26 Å².